The zero-order valence-corrected chi connectivity index (χ0v) is 9.96. The van der Waals surface area contributed by atoms with Crippen LogP contribution >= 0.6 is 23.5 Å². The molecule has 4 atom stereocenters. The molecule has 1 saturated heterocycles. The van der Waals surface area contributed by atoms with Crippen LogP contribution in [0.15, 0.2) is 0 Å². The highest BCUT2D eigenvalue weighted by Crippen LogP contribution is 2.50. The minimum atomic E-state index is -0.497. The average molecular weight is 218 g/mol. The zero-order chi connectivity index (χ0) is 9.47. The summed E-state index contributed by atoms with van der Waals surface area (Å²) in [7, 11) is 0. The second kappa shape index (κ2) is 3.67. The molecule has 0 aromatic carbocycles. The van der Waals surface area contributed by atoms with Crippen molar-refractivity contribution in [2.75, 3.05) is 0 Å². The zero-order valence-electron chi connectivity index (χ0n) is 8.32. The number of rotatable bonds is 0. The lowest BCUT2D eigenvalue weighted by molar-refractivity contribution is 0.156. The fourth-order valence-electron chi connectivity index (χ4n) is 2.14. The summed E-state index contributed by atoms with van der Waals surface area (Å²) in [6, 6.07) is 0. The van der Waals surface area contributed by atoms with Crippen LogP contribution in [0.5, 0.6) is 0 Å². The largest absolute Gasteiger partial charge is 0.379 e. The van der Waals surface area contributed by atoms with E-state index in [-0.39, 0.29) is 0 Å². The molecule has 0 radical (unpaired) electrons. The monoisotopic (exact) mass is 218 g/mol. The number of fused-ring (bicyclic) bond motifs is 1. The Morgan fingerprint density at radius 2 is 1.85 bits per heavy atom. The van der Waals surface area contributed by atoms with Crippen molar-refractivity contribution in [3.63, 3.8) is 0 Å². The fraction of sp³-hybridized carbons (Fsp3) is 1.00. The van der Waals surface area contributed by atoms with Gasteiger partial charge in [-0.15, -0.1) is 11.8 Å². The van der Waals surface area contributed by atoms with Crippen molar-refractivity contribution in [2.24, 2.45) is 0 Å². The Morgan fingerprint density at radius 1 is 1.23 bits per heavy atom. The van der Waals surface area contributed by atoms with E-state index in [4.69, 9.17) is 0 Å². The van der Waals surface area contributed by atoms with Gasteiger partial charge in [0, 0.05) is 15.7 Å². The molecule has 1 aliphatic heterocycles. The number of hydrogen-bond acceptors (Lipinski definition) is 3. The summed E-state index contributed by atoms with van der Waals surface area (Å²) in [5.41, 5.74) is 0. The summed E-state index contributed by atoms with van der Waals surface area (Å²) in [4.78, 5) is -0.497. The summed E-state index contributed by atoms with van der Waals surface area (Å²) in [6.45, 7) is 4.13. The molecule has 4 unspecified atom stereocenters. The number of aliphatic hydroxyl groups is 1. The highest BCUT2D eigenvalue weighted by atomic mass is 32.2. The van der Waals surface area contributed by atoms with Gasteiger partial charge in [-0.25, -0.2) is 0 Å². The first kappa shape index (κ1) is 10.2. The normalized spacial score (nSPS) is 51.5. The van der Waals surface area contributed by atoms with Crippen molar-refractivity contribution in [2.45, 2.75) is 60.2 Å². The highest BCUT2D eigenvalue weighted by Gasteiger charge is 2.43. The first-order chi connectivity index (χ1) is 6.09. The minimum Gasteiger partial charge on any atom is -0.379 e. The molecule has 2 fully saturated rings. The van der Waals surface area contributed by atoms with Gasteiger partial charge in [0.05, 0.1) is 0 Å². The lowest BCUT2D eigenvalue weighted by Gasteiger charge is -2.45. The lowest BCUT2D eigenvalue weighted by atomic mass is 9.99. The quantitative estimate of drug-likeness (QED) is 0.675. The topological polar surface area (TPSA) is 20.2 Å². The molecule has 1 N–H and O–H groups in total. The van der Waals surface area contributed by atoms with Gasteiger partial charge in [0.2, 0.25) is 0 Å². The standard InChI is InChI=1S/C10H18OS2/c1-7-10(2,11)13-9-6-4-3-5-8(9)12-7/h7-9,11H,3-6H2,1-2H3. The predicted molar refractivity (Wildman–Crippen MR) is 61.3 cm³/mol. The molecule has 1 heterocycles. The van der Waals surface area contributed by atoms with Crippen molar-refractivity contribution < 1.29 is 5.11 Å². The molecule has 13 heavy (non-hydrogen) atoms. The second-order valence-electron chi connectivity index (χ2n) is 4.31. The van der Waals surface area contributed by atoms with Crippen LogP contribution in [0.25, 0.3) is 0 Å². The summed E-state index contributed by atoms with van der Waals surface area (Å²) in [6.07, 6.45) is 5.43. The fourth-order valence-corrected chi connectivity index (χ4v) is 5.60. The van der Waals surface area contributed by atoms with Crippen molar-refractivity contribution >= 4 is 23.5 Å². The maximum absolute atomic E-state index is 10.1. The Bertz CT molecular complexity index is 193. The van der Waals surface area contributed by atoms with Crippen LogP contribution in [0.3, 0.4) is 0 Å². The van der Waals surface area contributed by atoms with Crippen molar-refractivity contribution in [1.82, 2.24) is 0 Å². The van der Waals surface area contributed by atoms with Crippen molar-refractivity contribution in [3.8, 4) is 0 Å². The number of thioether (sulfide) groups is 2. The van der Waals surface area contributed by atoms with E-state index in [0.29, 0.717) is 10.5 Å². The SMILES string of the molecule is CC1SC2CCCCC2SC1(C)O. The van der Waals surface area contributed by atoms with E-state index < -0.39 is 4.93 Å². The van der Waals surface area contributed by atoms with Gasteiger partial charge in [-0.1, -0.05) is 12.8 Å². The van der Waals surface area contributed by atoms with Gasteiger partial charge < -0.3 is 5.11 Å². The smallest absolute Gasteiger partial charge is 0.119 e. The highest BCUT2D eigenvalue weighted by molar-refractivity contribution is 8.08. The van der Waals surface area contributed by atoms with Crippen LogP contribution in [0.2, 0.25) is 0 Å². The third-order valence-electron chi connectivity index (χ3n) is 3.17. The summed E-state index contributed by atoms with van der Waals surface area (Å²) >= 11 is 3.82. The third kappa shape index (κ3) is 2.02. The molecule has 1 saturated carbocycles. The lowest BCUT2D eigenvalue weighted by Crippen LogP contribution is -2.44. The Balaban J connectivity index is 2.05. The maximum atomic E-state index is 10.1. The summed E-state index contributed by atoms with van der Waals surface area (Å²) in [5, 5.41) is 12.0. The molecule has 1 nitrogen and oxygen atoms in total. The number of hydrogen-bond donors (Lipinski definition) is 1. The van der Waals surface area contributed by atoms with E-state index in [1.807, 2.05) is 30.4 Å². The Labute approximate surface area is 89.1 Å². The van der Waals surface area contributed by atoms with Gasteiger partial charge in [-0.3, -0.25) is 0 Å². The van der Waals surface area contributed by atoms with E-state index in [1.54, 1.807) is 0 Å². The third-order valence-corrected chi connectivity index (χ3v) is 6.97. The first-order valence-electron chi connectivity index (χ1n) is 5.15. The first-order valence-corrected chi connectivity index (χ1v) is 6.97. The second-order valence-corrected chi connectivity index (χ2v) is 7.56. The Morgan fingerprint density at radius 3 is 2.54 bits per heavy atom. The van der Waals surface area contributed by atoms with Crippen molar-refractivity contribution in [3.05, 3.63) is 0 Å². The molecule has 76 valence electrons. The Hall–Kier alpha value is 0.660. The molecular formula is C10H18OS2. The molecule has 3 heteroatoms. The molecule has 0 amide bonds. The molecule has 0 bridgehead atoms. The molecule has 0 aromatic heterocycles. The van der Waals surface area contributed by atoms with Crippen LogP contribution in [0.4, 0.5) is 0 Å². The van der Waals surface area contributed by atoms with Crippen LogP contribution in [0.1, 0.15) is 39.5 Å². The van der Waals surface area contributed by atoms with E-state index in [0.717, 1.165) is 5.25 Å². The minimum absolute atomic E-state index is 0.386. The summed E-state index contributed by atoms with van der Waals surface area (Å²) in [5.74, 6) is 0. The van der Waals surface area contributed by atoms with E-state index in [9.17, 15) is 5.11 Å². The van der Waals surface area contributed by atoms with Gasteiger partial charge in [0.1, 0.15) is 4.93 Å². The molecule has 1 aliphatic carbocycles. The van der Waals surface area contributed by atoms with Crippen LogP contribution < -0.4 is 0 Å². The molecule has 0 aromatic rings. The van der Waals surface area contributed by atoms with Gasteiger partial charge >= 0.3 is 0 Å². The molecule has 2 aliphatic rings. The maximum Gasteiger partial charge on any atom is 0.119 e. The van der Waals surface area contributed by atoms with E-state index in [2.05, 4.69) is 6.92 Å². The average Bonchev–Trinajstić information content (AvgIpc) is 2.06. The van der Waals surface area contributed by atoms with Gasteiger partial charge in [-0.05, 0) is 26.7 Å². The molecular weight excluding hydrogens is 200 g/mol. The van der Waals surface area contributed by atoms with Gasteiger partial charge in [-0.2, -0.15) is 11.8 Å². The summed E-state index contributed by atoms with van der Waals surface area (Å²) < 4.78 is 0. The van der Waals surface area contributed by atoms with E-state index in [1.165, 1.54) is 25.7 Å². The Kier molecular flexibility index (Phi) is 2.87. The van der Waals surface area contributed by atoms with Crippen LogP contribution in [0, 0.1) is 0 Å². The van der Waals surface area contributed by atoms with Gasteiger partial charge in [0.15, 0.2) is 0 Å². The van der Waals surface area contributed by atoms with Crippen LogP contribution in [-0.4, -0.2) is 25.8 Å². The predicted octanol–water partition coefficient (Wildman–Crippen LogP) is 2.87. The van der Waals surface area contributed by atoms with Crippen LogP contribution in [-0.2, 0) is 0 Å². The van der Waals surface area contributed by atoms with Gasteiger partial charge in [0.25, 0.3) is 0 Å². The van der Waals surface area contributed by atoms with Crippen molar-refractivity contribution in [1.29, 1.82) is 0 Å². The molecule has 0 spiro atoms. The van der Waals surface area contributed by atoms with E-state index >= 15 is 0 Å². The molecule has 2 rings (SSSR count).